The van der Waals surface area contributed by atoms with Gasteiger partial charge in [-0.3, -0.25) is 9.59 Å². The Hall–Kier alpha value is -2.97. The van der Waals surface area contributed by atoms with Crippen molar-refractivity contribution in [2.45, 2.75) is 32.1 Å². The van der Waals surface area contributed by atoms with Crippen LogP contribution in [0.1, 0.15) is 37.1 Å². The first kappa shape index (κ1) is 18.8. The lowest BCUT2D eigenvalue weighted by Gasteiger charge is -2.29. The van der Waals surface area contributed by atoms with E-state index < -0.39 is 11.9 Å². The van der Waals surface area contributed by atoms with Gasteiger partial charge in [-0.15, -0.1) is 10.2 Å². The summed E-state index contributed by atoms with van der Waals surface area (Å²) in [5.41, 5.74) is 1.94. The van der Waals surface area contributed by atoms with E-state index in [0.717, 1.165) is 24.2 Å². The third-order valence-corrected chi connectivity index (χ3v) is 4.87. The van der Waals surface area contributed by atoms with Crippen molar-refractivity contribution in [2.24, 2.45) is 5.92 Å². The van der Waals surface area contributed by atoms with Gasteiger partial charge in [-0.25, -0.2) is 0 Å². The van der Waals surface area contributed by atoms with Crippen LogP contribution in [0.5, 0.6) is 0 Å². The van der Waals surface area contributed by atoms with Crippen molar-refractivity contribution in [1.82, 2.24) is 25.9 Å². The maximum absolute atomic E-state index is 11.8. The Balaban J connectivity index is 1.84. The fraction of sp³-hybridized carbons (Fsp3) is 0.500. The van der Waals surface area contributed by atoms with Crippen molar-refractivity contribution in [3.05, 3.63) is 35.7 Å². The summed E-state index contributed by atoms with van der Waals surface area (Å²) < 4.78 is 0. The van der Waals surface area contributed by atoms with Gasteiger partial charge in [0.2, 0.25) is 5.91 Å². The molecule has 1 aromatic heterocycles. The fourth-order valence-corrected chi connectivity index (χ4v) is 3.54. The molecular formula is C18H24N6O3. The number of aromatic amines is 1. The monoisotopic (exact) mass is 372 g/mol. The lowest BCUT2D eigenvalue weighted by molar-refractivity contribution is -0.143. The number of nitrogens with one attached hydrogen (secondary N) is 2. The molecule has 3 rings (SSSR count). The molecule has 0 unspecified atom stereocenters. The van der Waals surface area contributed by atoms with Gasteiger partial charge in [-0.1, -0.05) is 30.7 Å². The van der Waals surface area contributed by atoms with E-state index in [9.17, 15) is 14.7 Å². The van der Waals surface area contributed by atoms with Crippen molar-refractivity contribution in [3.63, 3.8) is 0 Å². The van der Waals surface area contributed by atoms with E-state index in [1.54, 1.807) is 0 Å². The van der Waals surface area contributed by atoms with Crippen LogP contribution in [0.15, 0.2) is 24.3 Å². The fourth-order valence-electron chi connectivity index (χ4n) is 3.54. The van der Waals surface area contributed by atoms with Crippen molar-refractivity contribution in [2.75, 3.05) is 24.5 Å². The van der Waals surface area contributed by atoms with E-state index in [1.165, 1.54) is 0 Å². The Morgan fingerprint density at radius 2 is 2.26 bits per heavy atom. The quantitative estimate of drug-likeness (QED) is 0.630. The van der Waals surface area contributed by atoms with Gasteiger partial charge in [-0.05, 0) is 30.5 Å². The summed E-state index contributed by atoms with van der Waals surface area (Å²) in [4.78, 5) is 25.5. The number of H-pyrrole nitrogens is 1. The van der Waals surface area contributed by atoms with Crippen LogP contribution in [0, 0.1) is 5.92 Å². The van der Waals surface area contributed by atoms with E-state index >= 15 is 0 Å². The zero-order valence-corrected chi connectivity index (χ0v) is 15.3. The number of carboxylic acid groups (broad SMARTS) is 1. The second-order valence-electron chi connectivity index (χ2n) is 6.76. The predicted octanol–water partition coefficient (Wildman–Crippen LogP) is 0.963. The molecule has 1 aliphatic heterocycles. The minimum absolute atomic E-state index is 0.00483. The Kier molecular flexibility index (Phi) is 6.00. The maximum atomic E-state index is 11.8. The number of rotatable bonds is 8. The summed E-state index contributed by atoms with van der Waals surface area (Å²) in [6.07, 6.45) is 1.79. The lowest BCUT2D eigenvalue weighted by atomic mass is 9.83. The minimum atomic E-state index is -0.851. The van der Waals surface area contributed by atoms with Gasteiger partial charge in [0.15, 0.2) is 5.82 Å². The molecule has 2 atom stereocenters. The average Bonchev–Trinajstić information content (AvgIpc) is 3.19. The van der Waals surface area contributed by atoms with E-state index in [-0.39, 0.29) is 11.8 Å². The van der Waals surface area contributed by atoms with Crippen LogP contribution in [0.2, 0.25) is 0 Å². The van der Waals surface area contributed by atoms with E-state index in [2.05, 4.69) is 25.9 Å². The van der Waals surface area contributed by atoms with Crippen LogP contribution in [0.3, 0.4) is 0 Å². The molecule has 0 aliphatic carbocycles. The molecule has 1 aliphatic rings. The number of carboxylic acids is 1. The van der Waals surface area contributed by atoms with Crippen molar-refractivity contribution in [3.8, 4) is 0 Å². The third kappa shape index (κ3) is 4.60. The smallest absolute Gasteiger partial charge is 0.307 e. The molecule has 9 heteroatoms. The van der Waals surface area contributed by atoms with Gasteiger partial charge >= 0.3 is 5.97 Å². The van der Waals surface area contributed by atoms with E-state index in [1.807, 2.05) is 36.1 Å². The largest absolute Gasteiger partial charge is 0.481 e. The zero-order valence-electron chi connectivity index (χ0n) is 15.3. The highest BCUT2D eigenvalue weighted by Gasteiger charge is 2.32. The van der Waals surface area contributed by atoms with Crippen molar-refractivity contribution < 1.29 is 14.7 Å². The lowest BCUT2D eigenvalue weighted by Crippen LogP contribution is -2.47. The van der Waals surface area contributed by atoms with Crippen LogP contribution >= 0.6 is 0 Å². The van der Waals surface area contributed by atoms with Gasteiger partial charge in [0.25, 0.3) is 0 Å². The summed E-state index contributed by atoms with van der Waals surface area (Å²) >= 11 is 0. The highest BCUT2D eigenvalue weighted by Crippen LogP contribution is 2.31. The summed E-state index contributed by atoms with van der Waals surface area (Å²) in [6, 6.07) is 7.87. The number of piperazine rings is 1. The van der Waals surface area contributed by atoms with Gasteiger partial charge in [-0.2, -0.15) is 5.21 Å². The van der Waals surface area contributed by atoms with Gasteiger partial charge in [0, 0.05) is 24.7 Å². The number of aromatic nitrogens is 4. The number of amides is 1. The number of aliphatic carboxylic acids is 1. The summed E-state index contributed by atoms with van der Waals surface area (Å²) in [5, 5.41) is 26.6. The molecule has 1 aromatic carbocycles. The Morgan fingerprint density at radius 1 is 1.41 bits per heavy atom. The molecule has 27 heavy (non-hydrogen) atoms. The SMILES string of the molecule is CCC[C@H](C(=O)O)[C@H](Cc1cccc(N2CCNC(=O)C2)c1)c1nn[nH]n1. The van der Waals surface area contributed by atoms with Gasteiger partial charge in [0.1, 0.15) is 0 Å². The number of nitrogens with zero attached hydrogens (tertiary/aromatic N) is 4. The second kappa shape index (κ2) is 8.61. The number of hydrogen-bond acceptors (Lipinski definition) is 6. The average molecular weight is 372 g/mol. The predicted molar refractivity (Wildman–Crippen MR) is 98.3 cm³/mol. The molecule has 0 bridgehead atoms. The van der Waals surface area contributed by atoms with Crippen LogP contribution < -0.4 is 10.2 Å². The molecule has 1 fully saturated rings. The first-order chi connectivity index (χ1) is 13.1. The highest BCUT2D eigenvalue weighted by molar-refractivity contribution is 5.82. The van der Waals surface area contributed by atoms with Crippen LogP contribution in [-0.2, 0) is 16.0 Å². The molecule has 2 aromatic rings. The maximum Gasteiger partial charge on any atom is 0.307 e. The summed E-state index contributed by atoms with van der Waals surface area (Å²) in [6.45, 7) is 3.65. The summed E-state index contributed by atoms with van der Waals surface area (Å²) in [5.74, 6) is -1.39. The topological polar surface area (TPSA) is 124 Å². The van der Waals surface area contributed by atoms with Crippen LogP contribution in [-0.4, -0.2) is 57.2 Å². The highest BCUT2D eigenvalue weighted by atomic mass is 16.4. The third-order valence-electron chi connectivity index (χ3n) is 4.87. The van der Waals surface area contributed by atoms with Gasteiger partial charge < -0.3 is 15.3 Å². The van der Waals surface area contributed by atoms with E-state index in [0.29, 0.717) is 31.8 Å². The number of benzene rings is 1. The first-order valence-electron chi connectivity index (χ1n) is 9.15. The molecule has 0 spiro atoms. The molecule has 0 radical (unpaired) electrons. The van der Waals surface area contributed by atoms with Crippen molar-refractivity contribution in [1.29, 1.82) is 0 Å². The zero-order chi connectivity index (χ0) is 19.2. The molecule has 9 nitrogen and oxygen atoms in total. The minimum Gasteiger partial charge on any atom is -0.481 e. The Bertz CT molecular complexity index is 779. The number of hydrogen-bond donors (Lipinski definition) is 3. The van der Waals surface area contributed by atoms with Crippen LogP contribution in [0.4, 0.5) is 5.69 Å². The molecule has 0 saturated carbocycles. The normalized spacial score (nSPS) is 16.6. The molecule has 1 saturated heterocycles. The number of carbonyl (C=O) groups is 2. The number of anilines is 1. The molecule has 144 valence electrons. The van der Waals surface area contributed by atoms with Crippen molar-refractivity contribution >= 4 is 17.6 Å². The van der Waals surface area contributed by atoms with Gasteiger partial charge in [0.05, 0.1) is 12.5 Å². The molecule has 3 N–H and O–H groups in total. The summed E-state index contributed by atoms with van der Waals surface area (Å²) in [7, 11) is 0. The molecule has 2 heterocycles. The Labute approximate surface area is 157 Å². The second-order valence-corrected chi connectivity index (χ2v) is 6.76. The molecular weight excluding hydrogens is 348 g/mol. The number of tetrazole rings is 1. The van der Waals surface area contributed by atoms with E-state index in [4.69, 9.17) is 0 Å². The van der Waals surface area contributed by atoms with Crippen LogP contribution in [0.25, 0.3) is 0 Å². The first-order valence-corrected chi connectivity index (χ1v) is 9.15. The molecule has 1 amide bonds. The number of carbonyl (C=O) groups excluding carboxylic acids is 1. The standard InChI is InChI=1S/C18H24N6O3/c1-2-4-14(18(26)27)15(17-20-22-23-21-17)10-12-5-3-6-13(9-12)24-8-7-19-16(25)11-24/h3,5-6,9,14-15H,2,4,7-8,10-11H2,1H3,(H,19,25)(H,26,27)(H,20,21,22,23)/t14-,15-/m0/s1. The Morgan fingerprint density at radius 3 is 2.93 bits per heavy atom.